The Kier molecular flexibility index (Phi) is 68.2. The van der Waals surface area contributed by atoms with Crippen molar-refractivity contribution in [2.24, 2.45) is 0 Å². The Hall–Kier alpha value is -3.41. The molecule has 0 aliphatic heterocycles. The van der Waals surface area contributed by atoms with Crippen LogP contribution in [0, 0.1) is 0 Å². The van der Waals surface area contributed by atoms with Gasteiger partial charge in [0.2, 0.25) is 0 Å². The third-order valence-electron chi connectivity index (χ3n) is 15.9. The molecule has 0 bridgehead atoms. The maximum atomic E-state index is 13.0. The lowest BCUT2D eigenvalue weighted by atomic mass is 10.0. The van der Waals surface area contributed by atoms with Gasteiger partial charge in [0, 0.05) is 19.3 Å². The van der Waals surface area contributed by atoms with Gasteiger partial charge < -0.3 is 14.2 Å². The molecule has 6 nitrogen and oxygen atoms in total. The predicted molar refractivity (Wildman–Crippen MR) is 362 cm³/mol. The van der Waals surface area contributed by atoms with E-state index in [1.165, 1.54) is 231 Å². The van der Waals surface area contributed by atoms with Crippen LogP contribution in [0.25, 0.3) is 0 Å². The zero-order chi connectivity index (χ0) is 59.9. The first kappa shape index (κ1) is 79.6. The average Bonchev–Trinajstić information content (AvgIpc) is 3.49. The van der Waals surface area contributed by atoms with E-state index in [4.69, 9.17) is 14.2 Å². The number of carbonyl (C=O) groups is 3. The van der Waals surface area contributed by atoms with Crippen LogP contribution >= 0.6 is 0 Å². The lowest BCUT2D eigenvalue weighted by Gasteiger charge is -2.18. The van der Waals surface area contributed by atoms with Crippen LogP contribution in [0.1, 0.15) is 367 Å². The number of hydrogen-bond donors (Lipinski definition) is 0. The first-order chi connectivity index (χ1) is 41.0. The Morgan fingerprint density at radius 1 is 0.253 bits per heavy atom. The first-order valence-corrected chi connectivity index (χ1v) is 36.1. The van der Waals surface area contributed by atoms with Crippen molar-refractivity contribution in [1.29, 1.82) is 0 Å². The van der Waals surface area contributed by atoms with Gasteiger partial charge in [-0.3, -0.25) is 14.4 Å². The highest BCUT2D eigenvalue weighted by Gasteiger charge is 2.19. The second-order valence-electron chi connectivity index (χ2n) is 24.1. The fourth-order valence-corrected chi connectivity index (χ4v) is 10.5. The van der Waals surface area contributed by atoms with Crippen LogP contribution in [0.3, 0.4) is 0 Å². The van der Waals surface area contributed by atoms with Crippen molar-refractivity contribution in [3.63, 3.8) is 0 Å². The van der Waals surface area contributed by atoms with E-state index in [2.05, 4.69) is 106 Å². The maximum Gasteiger partial charge on any atom is 0.306 e. The Labute approximate surface area is 515 Å². The molecule has 0 amide bonds. The minimum Gasteiger partial charge on any atom is -0.462 e. The minimum absolute atomic E-state index is 0.0773. The molecule has 0 aliphatic rings. The van der Waals surface area contributed by atoms with Crippen LogP contribution in [-0.4, -0.2) is 37.2 Å². The summed E-state index contributed by atoms with van der Waals surface area (Å²) >= 11 is 0. The van der Waals surface area contributed by atoms with Gasteiger partial charge in [-0.05, 0) is 116 Å². The second kappa shape index (κ2) is 71.1. The average molecular weight is 1160 g/mol. The topological polar surface area (TPSA) is 78.9 Å². The largest absolute Gasteiger partial charge is 0.462 e. The number of allylic oxidation sites excluding steroid dienone is 14. The molecule has 480 valence electrons. The van der Waals surface area contributed by atoms with Gasteiger partial charge in [0.25, 0.3) is 0 Å². The molecule has 0 radical (unpaired) electrons. The fraction of sp³-hybridized carbons (Fsp3) is 0.779. The molecule has 1 atom stereocenters. The molecule has 0 saturated heterocycles. The molecule has 0 aliphatic carbocycles. The number of esters is 3. The molecule has 0 aromatic heterocycles. The van der Waals surface area contributed by atoms with Gasteiger partial charge in [0.15, 0.2) is 6.10 Å². The summed E-state index contributed by atoms with van der Waals surface area (Å²) < 4.78 is 17.0. The summed E-state index contributed by atoms with van der Waals surface area (Å²) in [6, 6.07) is 0. The van der Waals surface area contributed by atoms with Crippen LogP contribution in [0.2, 0.25) is 0 Å². The van der Waals surface area contributed by atoms with E-state index in [9.17, 15) is 14.4 Å². The number of rotatable bonds is 66. The maximum absolute atomic E-state index is 13.0. The molecular formula is C77H136O6. The van der Waals surface area contributed by atoms with E-state index in [1.807, 2.05) is 0 Å². The van der Waals surface area contributed by atoms with Crippen LogP contribution in [-0.2, 0) is 28.6 Å². The van der Waals surface area contributed by atoms with Crippen molar-refractivity contribution in [2.45, 2.75) is 374 Å². The quantitative estimate of drug-likeness (QED) is 0.0261. The third-order valence-corrected chi connectivity index (χ3v) is 15.9. The summed E-state index contributed by atoms with van der Waals surface area (Å²) in [5, 5.41) is 0. The molecule has 0 heterocycles. The molecule has 0 saturated carbocycles. The lowest BCUT2D eigenvalue weighted by molar-refractivity contribution is -0.167. The fourth-order valence-electron chi connectivity index (χ4n) is 10.5. The highest BCUT2D eigenvalue weighted by Crippen LogP contribution is 2.18. The van der Waals surface area contributed by atoms with Gasteiger partial charge >= 0.3 is 17.9 Å². The number of carbonyl (C=O) groups excluding carboxylic acids is 3. The molecule has 0 spiro atoms. The highest BCUT2D eigenvalue weighted by atomic mass is 16.6. The van der Waals surface area contributed by atoms with Gasteiger partial charge in [-0.2, -0.15) is 0 Å². The van der Waals surface area contributed by atoms with Crippen LogP contribution < -0.4 is 0 Å². The van der Waals surface area contributed by atoms with Crippen molar-refractivity contribution in [3.05, 3.63) is 85.1 Å². The third kappa shape index (κ3) is 69.3. The molecule has 0 aromatic carbocycles. The van der Waals surface area contributed by atoms with Gasteiger partial charge in [0.05, 0.1) is 0 Å². The van der Waals surface area contributed by atoms with E-state index in [0.717, 1.165) is 96.3 Å². The zero-order valence-electron chi connectivity index (χ0n) is 55.2. The Morgan fingerprint density at radius 2 is 0.470 bits per heavy atom. The molecule has 0 aromatic rings. The molecule has 83 heavy (non-hydrogen) atoms. The van der Waals surface area contributed by atoms with Crippen molar-refractivity contribution in [2.75, 3.05) is 13.2 Å². The molecule has 1 unspecified atom stereocenters. The summed E-state index contributed by atoms with van der Waals surface area (Å²) in [5.41, 5.74) is 0. The van der Waals surface area contributed by atoms with E-state index < -0.39 is 6.10 Å². The van der Waals surface area contributed by atoms with E-state index >= 15 is 0 Å². The summed E-state index contributed by atoms with van der Waals surface area (Å²) in [5.74, 6) is -0.867. The molecule has 0 rings (SSSR count). The Bertz CT molecular complexity index is 1570. The van der Waals surface area contributed by atoms with Crippen LogP contribution in [0.15, 0.2) is 85.1 Å². The van der Waals surface area contributed by atoms with Gasteiger partial charge in [-0.25, -0.2) is 0 Å². The van der Waals surface area contributed by atoms with Crippen molar-refractivity contribution >= 4 is 17.9 Å². The molecule has 6 heteroatoms. The Balaban J connectivity index is 4.32. The van der Waals surface area contributed by atoms with Crippen molar-refractivity contribution in [3.8, 4) is 0 Å². The standard InChI is InChI=1S/C77H136O6/c1-4-7-10-13-16-19-22-25-28-31-33-35-36-37-38-39-40-42-43-46-49-52-55-58-61-64-67-70-76(79)82-73-74(72-81-75(78)69-66-63-60-57-54-51-48-45-30-27-24-21-18-15-12-9-6-3)83-77(80)71-68-65-62-59-56-53-50-47-44-41-34-32-29-26-23-20-17-14-11-8-5-2/h7,10,16,18-19,21,25,27-28,30,32-35,74H,4-6,8-9,11-15,17,20,22-24,26,29,31,36-73H2,1-3H3/b10-7-,19-16-,21-18-,28-25-,30-27-,34-32-,35-33-. The second-order valence-corrected chi connectivity index (χ2v) is 24.1. The highest BCUT2D eigenvalue weighted by molar-refractivity contribution is 5.71. The van der Waals surface area contributed by atoms with E-state index in [1.54, 1.807) is 0 Å². The summed E-state index contributed by atoms with van der Waals surface area (Å²) in [7, 11) is 0. The number of unbranched alkanes of at least 4 members (excludes halogenated alkanes) is 41. The first-order valence-electron chi connectivity index (χ1n) is 36.1. The minimum atomic E-state index is -0.783. The van der Waals surface area contributed by atoms with E-state index in [0.29, 0.717) is 19.3 Å². The SMILES string of the molecule is CC/C=C\C/C=C\C/C=C\C/C=C\CCCCCCCCCCCCCCCCC(=O)OCC(COC(=O)CCCCCCCCC/C=C\C/C=C\CCCCC)OC(=O)CCCCCCCCCCC/C=C\CCCCCCCCCC. The van der Waals surface area contributed by atoms with Gasteiger partial charge in [-0.1, -0.05) is 318 Å². The Morgan fingerprint density at radius 3 is 0.771 bits per heavy atom. The summed E-state index contributed by atoms with van der Waals surface area (Å²) in [4.78, 5) is 38.5. The summed E-state index contributed by atoms with van der Waals surface area (Å²) in [6.45, 7) is 6.55. The predicted octanol–water partition coefficient (Wildman–Crippen LogP) is 25.0. The van der Waals surface area contributed by atoms with Crippen molar-refractivity contribution in [1.82, 2.24) is 0 Å². The number of hydrogen-bond acceptors (Lipinski definition) is 6. The normalized spacial score (nSPS) is 12.6. The van der Waals surface area contributed by atoms with Crippen molar-refractivity contribution < 1.29 is 28.6 Å². The van der Waals surface area contributed by atoms with Gasteiger partial charge in [0.1, 0.15) is 13.2 Å². The lowest BCUT2D eigenvalue weighted by Crippen LogP contribution is -2.30. The monoisotopic (exact) mass is 1160 g/mol. The van der Waals surface area contributed by atoms with Crippen LogP contribution in [0.5, 0.6) is 0 Å². The zero-order valence-corrected chi connectivity index (χ0v) is 55.2. The van der Waals surface area contributed by atoms with E-state index in [-0.39, 0.29) is 31.1 Å². The molecular weight excluding hydrogens is 1020 g/mol. The van der Waals surface area contributed by atoms with Gasteiger partial charge in [-0.15, -0.1) is 0 Å². The summed E-state index contributed by atoms with van der Waals surface area (Å²) in [6.07, 6.45) is 94.6. The number of ether oxygens (including phenoxy) is 3. The molecule has 0 fully saturated rings. The molecule has 0 N–H and O–H groups in total. The van der Waals surface area contributed by atoms with Crippen LogP contribution in [0.4, 0.5) is 0 Å². The smallest absolute Gasteiger partial charge is 0.306 e.